The highest BCUT2D eigenvalue weighted by Crippen LogP contribution is 2.12. The molecule has 7 nitrogen and oxygen atoms in total. The summed E-state index contributed by atoms with van der Waals surface area (Å²) in [5.41, 5.74) is 3.07. The summed E-state index contributed by atoms with van der Waals surface area (Å²) in [4.78, 5) is 38.8. The average molecular weight is 262 g/mol. The molecule has 0 aromatic carbocycles. The molecule has 0 aliphatic carbocycles. The highest BCUT2D eigenvalue weighted by molar-refractivity contribution is 6.07. The van der Waals surface area contributed by atoms with Crippen molar-refractivity contribution in [1.82, 2.24) is 20.7 Å². The lowest BCUT2D eigenvalue weighted by Gasteiger charge is -2.07. The number of carbonyl (C=O) groups excluding carboxylic acids is 3. The Bertz CT molecular complexity index is 503. The van der Waals surface area contributed by atoms with Crippen LogP contribution in [0.15, 0.2) is 24.4 Å². The number of aromatic nitrogens is 1. The standard InChI is InChI=1S/C12H14N4O3/c1-16-12(19)9(11(18)15-16)6-10(17)14-7-8-4-2-3-5-13-8/h2-5,9H,6-7H2,1H3,(H,14,17)(H,15,18). The molecule has 1 unspecified atom stereocenters. The lowest BCUT2D eigenvalue weighted by Crippen LogP contribution is -2.31. The second-order valence-corrected chi connectivity index (χ2v) is 4.23. The number of pyridine rings is 1. The predicted octanol–water partition coefficient (Wildman–Crippen LogP) is -0.793. The maximum atomic E-state index is 11.7. The minimum Gasteiger partial charge on any atom is -0.350 e. The number of nitrogens with one attached hydrogen (secondary N) is 2. The lowest BCUT2D eigenvalue weighted by molar-refractivity contribution is -0.135. The van der Waals surface area contributed by atoms with Gasteiger partial charge in [-0.25, -0.2) is 0 Å². The van der Waals surface area contributed by atoms with Gasteiger partial charge in [-0.3, -0.25) is 29.8 Å². The number of carbonyl (C=O) groups is 3. The van der Waals surface area contributed by atoms with Crippen molar-refractivity contribution in [3.8, 4) is 0 Å². The highest BCUT2D eigenvalue weighted by atomic mass is 16.2. The van der Waals surface area contributed by atoms with Crippen molar-refractivity contribution in [2.75, 3.05) is 7.05 Å². The molecule has 0 radical (unpaired) electrons. The van der Waals surface area contributed by atoms with Crippen molar-refractivity contribution in [3.05, 3.63) is 30.1 Å². The van der Waals surface area contributed by atoms with Crippen LogP contribution in [0.5, 0.6) is 0 Å². The van der Waals surface area contributed by atoms with E-state index >= 15 is 0 Å². The summed E-state index contributed by atoms with van der Waals surface area (Å²) in [5, 5.41) is 3.73. The van der Waals surface area contributed by atoms with Gasteiger partial charge in [-0.15, -0.1) is 0 Å². The Balaban J connectivity index is 1.85. The molecule has 0 bridgehead atoms. The molecule has 1 atom stereocenters. The van der Waals surface area contributed by atoms with Crippen LogP contribution >= 0.6 is 0 Å². The molecule has 1 fully saturated rings. The normalized spacial score (nSPS) is 18.4. The molecule has 0 spiro atoms. The third kappa shape index (κ3) is 3.06. The van der Waals surface area contributed by atoms with E-state index in [0.717, 1.165) is 10.7 Å². The predicted molar refractivity (Wildman–Crippen MR) is 65.1 cm³/mol. The maximum Gasteiger partial charge on any atom is 0.253 e. The zero-order chi connectivity index (χ0) is 13.8. The SMILES string of the molecule is CN1NC(=O)C(CC(=O)NCc2ccccn2)C1=O. The first-order valence-corrected chi connectivity index (χ1v) is 5.82. The van der Waals surface area contributed by atoms with Crippen molar-refractivity contribution in [2.24, 2.45) is 5.92 Å². The molecule has 2 N–H and O–H groups in total. The first-order valence-electron chi connectivity index (χ1n) is 5.82. The topological polar surface area (TPSA) is 91.4 Å². The van der Waals surface area contributed by atoms with Crippen molar-refractivity contribution in [2.45, 2.75) is 13.0 Å². The number of nitrogens with zero attached hydrogens (tertiary/aromatic N) is 2. The van der Waals surface area contributed by atoms with Crippen LogP contribution in [0.25, 0.3) is 0 Å². The smallest absolute Gasteiger partial charge is 0.253 e. The van der Waals surface area contributed by atoms with Crippen LogP contribution in [-0.2, 0) is 20.9 Å². The molecule has 19 heavy (non-hydrogen) atoms. The van der Waals surface area contributed by atoms with E-state index < -0.39 is 17.7 Å². The first-order chi connectivity index (χ1) is 9.08. The lowest BCUT2D eigenvalue weighted by atomic mass is 10.1. The summed E-state index contributed by atoms with van der Waals surface area (Å²) in [7, 11) is 1.45. The van der Waals surface area contributed by atoms with Gasteiger partial charge in [0.25, 0.3) is 11.8 Å². The maximum absolute atomic E-state index is 11.7. The molecule has 1 aliphatic rings. The van der Waals surface area contributed by atoms with Crippen LogP contribution in [0.3, 0.4) is 0 Å². The Morgan fingerprint density at radius 2 is 2.26 bits per heavy atom. The molecule has 2 rings (SSSR count). The van der Waals surface area contributed by atoms with Gasteiger partial charge in [0.15, 0.2) is 0 Å². The van der Waals surface area contributed by atoms with Crippen LogP contribution in [0, 0.1) is 5.92 Å². The van der Waals surface area contributed by atoms with Gasteiger partial charge in [-0.2, -0.15) is 0 Å². The van der Waals surface area contributed by atoms with Gasteiger partial charge in [-0.05, 0) is 12.1 Å². The quantitative estimate of drug-likeness (QED) is 0.695. The van der Waals surface area contributed by atoms with Gasteiger partial charge < -0.3 is 5.32 Å². The summed E-state index contributed by atoms with van der Waals surface area (Å²) in [6.45, 7) is 0.276. The molecular weight excluding hydrogens is 248 g/mol. The van der Waals surface area contributed by atoms with Crippen LogP contribution in [0.4, 0.5) is 0 Å². The van der Waals surface area contributed by atoms with Crippen LogP contribution in [0.1, 0.15) is 12.1 Å². The van der Waals surface area contributed by atoms with Crippen LogP contribution < -0.4 is 10.7 Å². The molecule has 1 saturated heterocycles. The Labute approximate surface area is 110 Å². The fourth-order valence-electron chi connectivity index (χ4n) is 1.77. The van der Waals surface area contributed by atoms with E-state index in [9.17, 15) is 14.4 Å². The average Bonchev–Trinajstić information content (AvgIpc) is 2.64. The van der Waals surface area contributed by atoms with Crippen LogP contribution in [-0.4, -0.2) is 34.8 Å². The van der Waals surface area contributed by atoms with Gasteiger partial charge in [0.05, 0.1) is 12.2 Å². The molecule has 0 saturated carbocycles. The van der Waals surface area contributed by atoms with Gasteiger partial charge >= 0.3 is 0 Å². The van der Waals surface area contributed by atoms with Gasteiger partial charge in [0.1, 0.15) is 5.92 Å². The molecule has 2 heterocycles. The molecule has 100 valence electrons. The second kappa shape index (κ2) is 5.47. The fourth-order valence-corrected chi connectivity index (χ4v) is 1.77. The third-order valence-corrected chi connectivity index (χ3v) is 2.81. The van der Waals surface area contributed by atoms with E-state index in [1.165, 1.54) is 7.05 Å². The number of hydrogen-bond donors (Lipinski definition) is 2. The molecular formula is C12H14N4O3. The number of hydrogen-bond acceptors (Lipinski definition) is 4. The largest absolute Gasteiger partial charge is 0.350 e. The van der Waals surface area contributed by atoms with E-state index in [1.54, 1.807) is 18.3 Å². The van der Waals surface area contributed by atoms with Crippen LogP contribution in [0.2, 0.25) is 0 Å². The van der Waals surface area contributed by atoms with Gasteiger partial charge in [0.2, 0.25) is 5.91 Å². The number of amides is 3. The Morgan fingerprint density at radius 3 is 2.84 bits per heavy atom. The monoisotopic (exact) mass is 262 g/mol. The van der Waals surface area contributed by atoms with Crippen molar-refractivity contribution in [3.63, 3.8) is 0 Å². The fraction of sp³-hybridized carbons (Fsp3) is 0.333. The van der Waals surface area contributed by atoms with Gasteiger partial charge in [-0.1, -0.05) is 6.07 Å². The molecule has 1 aromatic heterocycles. The summed E-state index contributed by atoms with van der Waals surface area (Å²) in [6.07, 6.45) is 1.48. The summed E-state index contributed by atoms with van der Waals surface area (Å²) in [5.74, 6) is -2.12. The molecule has 1 aromatic rings. The highest BCUT2D eigenvalue weighted by Gasteiger charge is 2.38. The van der Waals surface area contributed by atoms with E-state index in [0.29, 0.717) is 0 Å². The Kier molecular flexibility index (Phi) is 3.74. The summed E-state index contributed by atoms with van der Waals surface area (Å²) >= 11 is 0. The summed E-state index contributed by atoms with van der Waals surface area (Å²) < 4.78 is 0. The zero-order valence-electron chi connectivity index (χ0n) is 10.4. The zero-order valence-corrected chi connectivity index (χ0v) is 10.4. The second-order valence-electron chi connectivity index (χ2n) is 4.23. The molecule has 1 aliphatic heterocycles. The van der Waals surface area contributed by atoms with E-state index in [2.05, 4.69) is 15.7 Å². The van der Waals surface area contributed by atoms with Crippen molar-refractivity contribution < 1.29 is 14.4 Å². The minimum absolute atomic E-state index is 0.151. The summed E-state index contributed by atoms with van der Waals surface area (Å²) in [6, 6.07) is 5.38. The van der Waals surface area contributed by atoms with Crippen molar-refractivity contribution in [1.29, 1.82) is 0 Å². The van der Waals surface area contributed by atoms with Crippen molar-refractivity contribution >= 4 is 17.7 Å². The van der Waals surface area contributed by atoms with E-state index in [1.807, 2.05) is 6.07 Å². The molecule has 3 amide bonds. The van der Waals surface area contributed by atoms with E-state index in [-0.39, 0.29) is 18.9 Å². The first kappa shape index (κ1) is 13.0. The number of rotatable bonds is 4. The minimum atomic E-state index is -0.936. The van der Waals surface area contributed by atoms with E-state index in [4.69, 9.17) is 0 Å². The molecule has 7 heteroatoms. The van der Waals surface area contributed by atoms with Gasteiger partial charge in [0, 0.05) is 19.7 Å². The third-order valence-electron chi connectivity index (χ3n) is 2.81. The Morgan fingerprint density at radius 1 is 1.47 bits per heavy atom. The number of hydrazine groups is 1. The Hall–Kier alpha value is -2.44.